The van der Waals surface area contributed by atoms with Crippen LogP contribution >= 0.6 is 0 Å². The van der Waals surface area contributed by atoms with Gasteiger partial charge in [-0.25, -0.2) is 0 Å². The molecule has 2 heterocycles. The highest BCUT2D eigenvalue weighted by Gasteiger charge is 2.39. The fourth-order valence-electron chi connectivity index (χ4n) is 3.25. The number of hydrogen-bond donors (Lipinski definition) is 0. The van der Waals surface area contributed by atoms with E-state index in [1.165, 1.54) is 5.56 Å². The number of amides is 1. The van der Waals surface area contributed by atoms with E-state index < -0.39 is 5.79 Å². The van der Waals surface area contributed by atoms with Crippen molar-refractivity contribution in [1.29, 1.82) is 0 Å². The van der Waals surface area contributed by atoms with Crippen molar-refractivity contribution in [3.63, 3.8) is 0 Å². The standard InChI is InChI=1S/C19H27NO3/c1-18(2,3)16-7-5-15(6-8-16)17(21)20-11-9-19(10-12-20)22-13-4-14-23-19/h5-8H,4,9-14H2,1-3H3. The lowest BCUT2D eigenvalue weighted by molar-refractivity contribution is -0.281. The van der Waals surface area contributed by atoms with E-state index in [1.54, 1.807) is 0 Å². The number of carbonyl (C=O) groups excluding carboxylic acids is 1. The molecule has 0 unspecified atom stereocenters. The summed E-state index contributed by atoms with van der Waals surface area (Å²) < 4.78 is 11.7. The maximum Gasteiger partial charge on any atom is 0.253 e. The van der Waals surface area contributed by atoms with Gasteiger partial charge in [-0.1, -0.05) is 32.9 Å². The molecule has 2 aliphatic rings. The van der Waals surface area contributed by atoms with Gasteiger partial charge < -0.3 is 14.4 Å². The van der Waals surface area contributed by atoms with Crippen molar-refractivity contribution in [3.05, 3.63) is 35.4 Å². The Bertz CT molecular complexity index is 543. The second kappa shape index (κ2) is 6.25. The number of carbonyl (C=O) groups is 1. The maximum absolute atomic E-state index is 12.7. The summed E-state index contributed by atoms with van der Waals surface area (Å²) in [5.74, 6) is -0.332. The Hall–Kier alpha value is -1.39. The van der Waals surface area contributed by atoms with Crippen LogP contribution in [0.3, 0.4) is 0 Å². The molecule has 3 rings (SSSR count). The van der Waals surface area contributed by atoms with Crippen LogP contribution in [0.15, 0.2) is 24.3 Å². The Morgan fingerprint density at radius 2 is 1.61 bits per heavy atom. The number of hydrogen-bond acceptors (Lipinski definition) is 3. The van der Waals surface area contributed by atoms with Gasteiger partial charge in [0.2, 0.25) is 0 Å². The number of piperidine rings is 1. The Morgan fingerprint density at radius 3 is 2.13 bits per heavy atom. The van der Waals surface area contributed by atoms with Crippen molar-refractivity contribution in [2.45, 2.75) is 51.2 Å². The van der Waals surface area contributed by atoms with Crippen LogP contribution in [-0.2, 0) is 14.9 Å². The normalized spacial score (nSPS) is 21.4. The second-order valence-electron chi connectivity index (χ2n) is 7.58. The zero-order valence-electron chi connectivity index (χ0n) is 14.4. The van der Waals surface area contributed by atoms with Gasteiger partial charge in [0.1, 0.15) is 0 Å². The quantitative estimate of drug-likeness (QED) is 0.797. The monoisotopic (exact) mass is 317 g/mol. The van der Waals surface area contributed by atoms with Gasteiger partial charge in [0.15, 0.2) is 5.79 Å². The molecule has 23 heavy (non-hydrogen) atoms. The first-order chi connectivity index (χ1) is 10.9. The van der Waals surface area contributed by atoms with Crippen LogP contribution in [0.25, 0.3) is 0 Å². The molecular formula is C19H27NO3. The molecule has 4 heteroatoms. The smallest absolute Gasteiger partial charge is 0.253 e. The maximum atomic E-state index is 12.7. The highest BCUT2D eigenvalue weighted by Crippen LogP contribution is 2.31. The molecular weight excluding hydrogens is 290 g/mol. The SMILES string of the molecule is CC(C)(C)c1ccc(C(=O)N2CCC3(CC2)OCCCO3)cc1. The lowest BCUT2D eigenvalue weighted by Gasteiger charge is -2.43. The van der Waals surface area contributed by atoms with Crippen molar-refractivity contribution >= 4 is 5.91 Å². The second-order valence-corrected chi connectivity index (χ2v) is 7.58. The molecule has 0 bridgehead atoms. The molecule has 0 aliphatic carbocycles. The lowest BCUT2D eigenvalue weighted by atomic mass is 9.86. The molecule has 2 saturated heterocycles. The van der Waals surface area contributed by atoms with Gasteiger partial charge in [-0.05, 0) is 29.5 Å². The fraction of sp³-hybridized carbons (Fsp3) is 0.632. The molecule has 0 saturated carbocycles. The average molecular weight is 317 g/mol. The number of nitrogens with zero attached hydrogens (tertiary/aromatic N) is 1. The van der Waals surface area contributed by atoms with Crippen molar-refractivity contribution in [2.75, 3.05) is 26.3 Å². The first-order valence-electron chi connectivity index (χ1n) is 8.57. The summed E-state index contributed by atoms with van der Waals surface area (Å²) in [5, 5.41) is 0. The Kier molecular flexibility index (Phi) is 4.47. The number of rotatable bonds is 1. The van der Waals surface area contributed by atoms with Crippen molar-refractivity contribution in [1.82, 2.24) is 4.90 Å². The Labute approximate surface area is 138 Å². The molecule has 1 amide bonds. The largest absolute Gasteiger partial charge is 0.350 e. The highest BCUT2D eigenvalue weighted by atomic mass is 16.7. The van der Waals surface area contributed by atoms with E-state index in [4.69, 9.17) is 9.47 Å². The van der Waals surface area contributed by atoms with Crippen LogP contribution < -0.4 is 0 Å². The zero-order valence-corrected chi connectivity index (χ0v) is 14.4. The predicted octanol–water partition coefficient (Wildman–Crippen LogP) is 3.35. The molecule has 2 fully saturated rings. The van der Waals surface area contributed by atoms with Crippen molar-refractivity contribution < 1.29 is 14.3 Å². The van der Waals surface area contributed by atoms with Gasteiger partial charge in [0.25, 0.3) is 5.91 Å². The molecule has 4 nitrogen and oxygen atoms in total. The van der Waals surface area contributed by atoms with Crippen LogP contribution in [0.5, 0.6) is 0 Å². The zero-order chi connectivity index (χ0) is 16.5. The first-order valence-corrected chi connectivity index (χ1v) is 8.57. The minimum absolute atomic E-state index is 0.106. The van der Waals surface area contributed by atoms with E-state index in [9.17, 15) is 4.79 Å². The third-order valence-corrected chi connectivity index (χ3v) is 4.83. The van der Waals surface area contributed by atoms with E-state index in [2.05, 4.69) is 32.9 Å². The summed E-state index contributed by atoms with van der Waals surface area (Å²) >= 11 is 0. The summed E-state index contributed by atoms with van der Waals surface area (Å²) in [6.07, 6.45) is 2.49. The molecule has 2 aliphatic heterocycles. The summed E-state index contributed by atoms with van der Waals surface area (Å²) in [5.41, 5.74) is 2.12. The van der Waals surface area contributed by atoms with Gasteiger partial charge in [0.05, 0.1) is 13.2 Å². The Balaban J connectivity index is 1.63. The van der Waals surface area contributed by atoms with Gasteiger partial charge in [-0.15, -0.1) is 0 Å². The first kappa shape index (κ1) is 16.5. The van der Waals surface area contributed by atoms with Crippen LogP contribution in [0.1, 0.15) is 56.0 Å². The minimum Gasteiger partial charge on any atom is -0.350 e. The molecule has 1 spiro atoms. The minimum atomic E-state index is -0.439. The summed E-state index contributed by atoms with van der Waals surface area (Å²) in [6, 6.07) is 8.01. The fourth-order valence-corrected chi connectivity index (χ4v) is 3.25. The molecule has 0 N–H and O–H groups in total. The topological polar surface area (TPSA) is 38.8 Å². The highest BCUT2D eigenvalue weighted by molar-refractivity contribution is 5.94. The van der Waals surface area contributed by atoms with E-state index >= 15 is 0 Å². The summed E-state index contributed by atoms with van der Waals surface area (Å²) in [4.78, 5) is 14.6. The van der Waals surface area contributed by atoms with E-state index in [0.29, 0.717) is 13.1 Å². The average Bonchev–Trinajstić information content (AvgIpc) is 2.55. The van der Waals surface area contributed by atoms with Crippen LogP contribution in [-0.4, -0.2) is 42.9 Å². The molecule has 0 radical (unpaired) electrons. The molecule has 0 aromatic heterocycles. The third kappa shape index (κ3) is 3.59. The van der Waals surface area contributed by atoms with E-state index in [0.717, 1.165) is 38.0 Å². The number of likely N-dealkylation sites (tertiary alicyclic amines) is 1. The van der Waals surface area contributed by atoms with Crippen LogP contribution in [0.4, 0.5) is 0 Å². The molecule has 126 valence electrons. The molecule has 1 aromatic rings. The number of ether oxygens (including phenoxy) is 2. The molecule has 1 aromatic carbocycles. The Morgan fingerprint density at radius 1 is 1.04 bits per heavy atom. The molecule has 0 atom stereocenters. The van der Waals surface area contributed by atoms with Gasteiger partial charge in [-0.2, -0.15) is 0 Å². The van der Waals surface area contributed by atoms with Crippen molar-refractivity contribution in [3.8, 4) is 0 Å². The predicted molar refractivity (Wildman–Crippen MR) is 89.5 cm³/mol. The van der Waals surface area contributed by atoms with E-state index in [1.807, 2.05) is 17.0 Å². The van der Waals surface area contributed by atoms with Gasteiger partial charge in [0, 0.05) is 31.5 Å². The summed E-state index contributed by atoms with van der Waals surface area (Å²) in [7, 11) is 0. The van der Waals surface area contributed by atoms with Gasteiger partial charge >= 0.3 is 0 Å². The summed E-state index contributed by atoms with van der Waals surface area (Å²) in [6.45, 7) is 9.46. The lowest BCUT2D eigenvalue weighted by Crippen LogP contribution is -2.51. The van der Waals surface area contributed by atoms with Crippen molar-refractivity contribution in [2.24, 2.45) is 0 Å². The number of benzene rings is 1. The van der Waals surface area contributed by atoms with Crippen LogP contribution in [0, 0.1) is 0 Å². The third-order valence-electron chi connectivity index (χ3n) is 4.83. The van der Waals surface area contributed by atoms with Crippen LogP contribution in [0.2, 0.25) is 0 Å². The van der Waals surface area contributed by atoms with E-state index in [-0.39, 0.29) is 11.3 Å². The van der Waals surface area contributed by atoms with Gasteiger partial charge in [-0.3, -0.25) is 4.79 Å².